The zero-order chi connectivity index (χ0) is 26.6. The third-order valence-electron chi connectivity index (χ3n) is 6.00. The smallest absolute Gasteiger partial charge is 0.271 e. The van der Waals surface area contributed by atoms with Gasteiger partial charge in [0, 0.05) is 16.3 Å². The first kappa shape index (κ1) is 25.3. The molecule has 0 spiro atoms. The molecule has 1 aromatic heterocycles. The number of halogens is 1. The quantitative estimate of drug-likeness (QED) is 0.366. The molecule has 0 saturated carbocycles. The number of aromatic nitrogens is 1. The number of terminal acetylenes is 1. The van der Waals surface area contributed by atoms with Gasteiger partial charge in [-0.1, -0.05) is 77.4 Å². The van der Waals surface area contributed by atoms with Crippen LogP contribution in [0.15, 0.2) is 99.9 Å². The van der Waals surface area contributed by atoms with Crippen LogP contribution in [0.4, 0.5) is 5.69 Å². The van der Waals surface area contributed by atoms with Gasteiger partial charge < -0.3 is 10.1 Å². The van der Waals surface area contributed by atoms with Crippen LogP contribution < -0.4 is 24.9 Å². The number of benzene rings is 3. The molecule has 0 unspecified atom stereocenters. The maximum absolute atomic E-state index is 13.9. The van der Waals surface area contributed by atoms with Crippen LogP contribution >= 0.6 is 22.9 Å². The summed E-state index contributed by atoms with van der Waals surface area (Å²) in [6.45, 7) is 1.89. The summed E-state index contributed by atoms with van der Waals surface area (Å²) in [6, 6.07) is 23.0. The van der Waals surface area contributed by atoms with Crippen LogP contribution in [-0.2, 0) is 4.79 Å². The molecule has 188 valence electrons. The summed E-state index contributed by atoms with van der Waals surface area (Å²) in [5.74, 6) is 2.70. The van der Waals surface area contributed by atoms with Gasteiger partial charge in [-0.3, -0.25) is 14.2 Å². The Balaban J connectivity index is 1.66. The van der Waals surface area contributed by atoms with Crippen LogP contribution in [0.5, 0.6) is 5.75 Å². The van der Waals surface area contributed by atoms with Gasteiger partial charge >= 0.3 is 0 Å². The van der Waals surface area contributed by atoms with Crippen molar-refractivity contribution in [2.24, 2.45) is 4.99 Å². The van der Waals surface area contributed by atoms with Crippen molar-refractivity contribution in [2.75, 3.05) is 11.9 Å². The van der Waals surface area contributed by atoms with Gasteiger partial charge in [0.2, 0.25) is 0 Å². The number of carbonyl (C=O) groups is 1. The number of para-hydroxylation sites is 2. The highest BCUT2D eigenvalue weighted by Crippen LogP contribution is 2.31. The molecule has 0 fully saturated rings. The lowest BCUT2D eigenvalue weighted by molar-refractivity contribution is -0.113. The van der Waals surface area contributed by atoms with Crippen LogP contribution in [0.1, 0.15) is 24.1 Å². The molecule has 1 aliphatic rings. The Hall–Kier alpha value is -4.38. The maximum atomic E-state index is 13.9. The summed E-state index contributed by atoms with van der Waals surface area (Å²) < 4.78 is 7.68. The molecule has 4 aromatic rings. The number of rotatable bonds is 6. The summed E-state index contributed by atoms with van der Waals surface area (Å²) in [4.78, 5) is 32.6. The monoisotopic (exact) mass is 539 g/mol. The van der Waals surface area contributed by atoms with Gasteiger partial charge in [0.25, 0.3) is 11.5 Å². The average Bonchev–Trinajstić information content (AvgIpc) is 3.22. The van der Waals surface area contributed by atoms with Crippen molar-refractivity contribution < 1.29 is 9.53 Å². The lowest BCUT2D eigenvalue weighted by Gasteiger charge is -2.25. The fourth-order valence-corrected chi connectivity index (χ4v) is 5.45. The van der Waals surface area contributed by atoms with E-state index in [0.717, 1.165) is 5.56 Å². The Morgan fingerprint density at radius 1 is 1.13 bits per heavy atom. The van der Waals surface area contributed by atoms with Crippen LogP contribution in [0, 0.1) is 12.3 Å². The molecule has 0 saturated heterocycles. The van der Waals surface area contributed by atoms with Crippen molar-refractivity contribution in [3.05, 3.63) is 126 Å². The van der Waals surface area contributed by atoms with E-state index in [4.69, 9.17) is 22.8 Å². The fourth-order valence-electron chi connectivity index (χ4n) is 4.28. The zero-order valence-corrected chi connectivity index (χ0v) is 21.9. The van der Waals surface area contributed by atoms with Crippen molar-refractivity contribution >= 4 is 40.6 Å². The largest absolute Gasteiger partial charge is 0.480 e. The molecule has 38 heavy (non-hydrogen) atoms. The normalized spacial score (nSPS) is 14.9. The molecular formula is C30H22ClN3O3S. The highest BCUT2D eigenvalue weighted by Gasteiger charge is 2.32. The Bertz CT molecular complexity index is 1760. The Labute approximate surface area is 228 Å². The first-order chi connectivity index (χ1) is 18.5. The fraction of sp³-hybridized carbons (Fsp3) is 0.100. The van der Waals surface area contributed by atoms with Crippen LogP contribution in [-0.4, -0.2) is 17.1 Å². The number of ether oxygens (including phenoxy) is 1. The highest BCUT2D eigenvalue weighted by atomic mass is 35.5. The number of nitrogens with zero attached hydrogens (tertiary/aromatic N) is 2. The Morgan fingerprint density at radius 2 is 1.84 bits per heavy atom. The topological polar surface area (TPSA) is 72.7 Å². The van der Waals surface area contributed by atoms with Gasteiger partial charge in [0.1, 0.15) is 12.4 Å². The van der Waals surface area contributed by atoms with Gasteiger partial charge in [-0.2, -0.15) is 0 Å². The summed E-state index contributed by atoms with van der Waals surface area (Å²) in [7, 11) is 0. The van der Waals surface area contributed by atoms with E-state index in [1.807, 2.05) is 48.5 Å². The molecule has 2 heterocycles. The third kappa shape index (κ3) is 5.05. The summed E-state index contributed by atoms with van der Waals surface area (Å²) in [5, 5.41) is 3.50. The molecule has 5 rings (SSSR count). The van der Waals surface area contributed by atoms with E-state index in [2.05, 4.69) is 16.2 Å². The molecule has 1 N–H and O–H groups in total. The van der Waals surface area contributed by atoms with Crippen LogP contribution in [0.2, 0.25) is 5.02 Å². The second kappa shape index (κ2) is 10.9. The Kier molecular flexibility index (Phi) is 7.27. The molecule has 1 amide bonds. The van der Waals surface area contributed by atoms with Gasteiger partial charge in [-0.25, -0.2) is 4.99 Å². The summed E-state index contributed by atoms with van der Waals surface area (Å²) in [6.07, 6.45) is 7.12. The number of thiazole rings is 1. The van der Waals surface area contributed by atoms with Crippen molar-refractivity contribution in [1.82, 2.24) is 4.57 Å². The average molecular weight is 540 g/mol. The molecule has 1 aliphatic heterocycles. The second-order valence-corrected chi connectivity index (χ2v) is 9.93. The van der Waals surface area contributed by atoms with Gasteiger partial charge in [0.15, 0.2) is 4.80 Å². The standard InChI is InChI=1S/C30H22ClN3O3S/c1-3-17-37-24-12-8-7-9-21(24)18-25-29(36)34-27(20-13-15-22(31)16-14-20)26(19(2)32-30(34)38-25)28(35)33-23-10-5-4-6-11-23/h1,4-16,18,27H,17H2,2H3,(H,33,35)/b25-18-/t27-/m1/s1. The molecular weight excluding hydrogens is 518 g/mol. The van der Waals surface area contributed by atoms with Gasteiger partial charge in [0.05, 0.1) is 21.8 Å². The molecule has 0 radical (unpaired) electrons. The number of fused-ring (bicyclic) bond motifs is 1. The van der Waals surface area contributed by atoms with Crippen molar-refractivity contribution in [2.45, 2.75) is 13.0 Å². The van der Waals surface area contributed by atoms with Crippen molar-refractivity contribution in [1.29, 1.82) is 0 Å². The lowest BCUT2D eigenvalue weighted by Crippen LogP contribution is -2.40. The van der Waals surface area contributed by atoms with E-state index < -0.39 is 6.04 Å². The third-order valence-corrected chi connectivity index (χ3v) is 7.24. The highest BCUT2D eigenvalue weighted by molar-refractivity contribution is 7.07. The maximum Gasteiger partial charge on any atom is 0.271 e. The minimum Gasteiger partial charge on any atom is -0.480 e. The van der Waals surface area contributed by atoms with E-state index in [0.29, 0.717) is 42.6 Å². The predicted molar refractivity (Wildman–Crippen MR) is 151 cm³/mol. The van der Waals surface area contributed by atoms with E-state index in [-0.39, 0.29) is 18.1 Å². The number of anilines is 1. The number of amides is 1. The SMILES string of the molecule is C#CCOc1ccccc1/C=c1\sc2n(c1=O)[C@H](c1ccc(Cl)cc1)C(C(=O)Nc1ccccc1)=C(C)N=2. The molecule has 0 aliphatic carbocycles. The summed E-state index contributed by atoms with van der Waals surface area (Å²) >= 11 is 7.41. The van der Waals surface area contributed by atoms with Crippen LogP contribution in [0.3, 0.4) is 0 Å². The lowest BCUT2D eigenvalue weighted by atomic mass is 9.95. The minimum atomic E-state index is -0.692. The van der Waals surface area contributed by atoms with Crippen molar-refractivity contribution in [3.63, 3.8) is 0 Å². The first-order valence-electron chi connectivity index (χ1n) is 11.8. The molecule has 1 atom stereocenters. The van der Waals surface area contributed by atoms with E-state index >= 15 is 0 Å². The van der Waals surface area contributed by atoms with E-state index in [1.54, 1.807) is 47.9 Å². The first-order valence-corrected chi connectivity index (χ1v) is 13.0. The second-order valence-electron chi connectivity index (χ2n) is 8.48. The zero-order valence-electron chi connectivity index (χ0n) is 20.4. The molecule has 0 bridgehead atoms. The summed E-state index contributed by atoms with van der Waals surface area (Å²) in [5.41, 5.74) is 2.75. The minimum absolute atomic E-state index is 0.113. The van der Waals surface area contributed by atoms with E-state index in [9.17, 15) is 9.59 Å². The number of carbonyl (C=O) groups excluding carboxylic acids is 1. The number of nitrogens with one attached hydrogen (secondary N) is 1. The molecule has 8 heteroatoms. The molecule has 6 nitrogen and oxygen atoms in total. The number of allylic oxidation sites excluding steroid dienone is 1. The number of hydrogen-bond acceptors (Lipinski definition) is 5. The predicted octanol–water partition coefficient (Wildman–Crippen LogP) is 4.54. The van der Waals surface area contributed by atoms with Crippen molar-refractivity contribution in [3.8, 4) is 18.1 Å². The van der Waals surface area contributed by atoms with Gasteiger partial charge in [-0.05, 0) is 48.9 Å². The van der Waals surface area contributed by atoms with Crippen LogP contribution in [0.25, 0.3) is 6.08 Å². The van der Waals surface area contributed by atoms with E-state index in [1.165, 1.54) is 11.3 Å². The number of hydrogen-bond donors (Lipinski definition) is 1. The van der Waals surface area contributed by atoms with Gasteiger partial charge in [-0.15, -0.1) is 6.42 Å². The Morgan fingerprint density at radius 3 is 2.58 bits per heavy atom. The molecule has 3 aromatic carbocycles.